The summed E-state index contributed by atoms with van der Waals surface area (Å²) in [5.74, 6) is 1.58. The van der Waals surface area contributed by atoms with Gasteiger partial charge in [-0.2, -0.15) is 0 Å². The number of aryl methyl sites for hydroxylation is 1. The lowest BCUT2D eigenvalue weighted by atomic mass is 9.91. The fourth-order valence-electron chi connectivity index (χ4n) is 4.20. The van der Waals surface area contributed by atoms with Crippen molar-refractivity contribution in [1.82, 2.24) is 4.90 Å². The Morgan fingerprint density at radius 2 is 2.19 bits per heavy atom. The normalized spacial score (nSPS) is 27.8. The van der Waals surface area contributed by atoms with Crippen molar-refractivity contribution in [3.8, 4) is 0 Å². The largest absolute Gasteiger partial charge is 0.381 e. The second-order valence-corrected chi connectivity index (χ2v) is 8.15. The zero-order valence-corrected chi connectivity index (χ0v) is 15.5. The summed E-state index contributed by atoms with van der Waals surface area (Å²) >= 11 is 0. The molecule has 1 aliphatic carbocycles. The Kier molecular flexibility index (Phi) is 5.28. The lowest BCUT2D eigenvalue weighted by molar-refractivity contribution is -0.130. The summed E-state index contributed by atoms with van der Waals surface area (Å²) in [4.78, 5) is 14.6. The number of hydrogen-bond acceptors (Lipinski definition) is 3. The molecule has 0 N–H and O–H groups in total. The van der Waals surface area contributed by atoms with Crippen LogP contribution in [-0.4, -0.2) is 49.8 Å². The third-order valence-corrected chi connectivity index (χ3v) is 6.12. The van der Waals surface area contributed by atoms with Gasteiger partial charge in [-0.15, -0.1) is 0 Å². The molecule has 0 aromatic heterocycles. The first kappa shape index (κ1) is 17.9. The van der Waals surface area contributed by atoms with Gasteiger partial charge in [-0.1, -0.05) is 6.07 Å². The Labute approximate surface area is 154 Å². The molecule has 1 aromatic carbocycles. The summed E-state index contributed by atoms with van der Waals surface area (Å²) in [6, 6.07) is 4.63. The Hall–Kier alpha value is -1.46. The van der Waals surface area contributed by atoms with E-state index in [-0.39, 0.29) is 17.8 Å². The van der Waals surface area contributed by atoms with Gasteiger partial charge in [0.25, 0.3) is 0 Å². The van der Waals surface area contributed by atoms with E-state index >= 15 is 0 Å². The first-order valence-electron chi connectivity index (χ1n) is 9.82. The number of rotatable bonds is 7. The van der Waals surface area contributed by atoms with Gasteiger partial charge < -0.3 is 14.4 Å². The lowest BCUT2D eigenvalue weighted by Crippen LogP contribution is -2.32. The minimum absolute atomic E-state index is 0.112. The molecule has 3 atom stereocenters. The van der Waals surface area contributed by atoms with E-state index in [0.717, 1.165) is 49.8 Å². The lowest BCUT2D eigenvalue weighted by Gasteiger charge is -2.20. The third kappa shape index (κ3) is 4.09. The quantitative estimate of drug-likeness (QED) is 0.701. The fourth-order valence-corrected chi connectivity index (χ4v) is 4.20. The van der Waals surface area contributed by atoms with E-state index in [4.69, 9.17) is 9.47 Å². The summed E-state index contributed by atoms with van der Waals surface area (Å²) in [6.45, 7) is 5.81. The van der Waals surface area contributed by atoms with Crippen molar-refractivity contribution in [2.45, 2.75) is 38.7 Å². The van der Waals surface area contributed by atoms with Gasteiger partial charge in [-0.3, -0.25) is 4.79 Å². The van der Waals surface area contributed by atoms with E-state index in [1.54, 1.807) is 6.07 Å². The maximum atomic E-state index is 13.2. The van der Waals surface area contributed by atoms with Crippen molar-refractivity contribution in [3.05, 3.63) is 35.1 Å². The highest BCUT2D eigenvalue weighted by Crippen LogP contribution is 2.36. The van der Waals surface area contributed by atoms with Gasteiger partial charge in [-0.25, -0.2) is 4.39 Å². The van der Waals surface area contributed by atoms with Crippen LogP contribution in [-0.2, 0) is 20.7 Å². The highest BCUT2D eigenvalue weighted by atomic mass is 19.1. The Morgan fingerprint density at radius 1 is 1.35 bits per heavy atom. The van der Waals surface area contributed by atoms with E-state index < -0.39 is 0 Å². The van der Waals surface area contributed by atoms with E-state index in [0.29, 0.717) is 24.8 Å². The molecular formula is C21H28FNO3. The van der Waals surface area contributed by atoms with Crippen LogP contribution in [0.15, 0.2) is 18.2 Å². The Morgan fingerprint density at radius 3 is 2.96 bits per heavy atom. The molecule has 5 heteroatoms. The molecule has 26 heavy (non-hydrogen) atoms. The number of carbonyl (C=O) groups is 1. The van der Waals surface area contributed by atoms with E-state index in [1.165, 1.54) is 25.0 Å². The SMILES string of the molecule is Cc1cc(F)ccc1CC(=O)N1C[C@@H]2[C@H](CCOCC3CC3)CO[C@@H]2C1. The molecule has 1 amide bonds. The number of carbonyl (C=O) groups excluding carboxylic acids is 1. The van der Waals surface area contributed by atoms with Crippen LogP contribution >= 0.6 is 0 Å². The number of ether oxygens (including phenoxy) is 2. The monoisotopic (exact) mass is 361 g/mol. The molecule has 0 bridgehead atoms. The molecule has 142 valence electrons. The second kappa shape index (κ2) is 7.65. The average molecular weight is 361 g/mol. The zero-order valence-electron chi connectivity index (χ0n) is 15.5. The molecule has 0 spiro atoms. The molecule has 2 saturated heterocycles. The average Bonchev–Trinajstić information content (AvgIpc) is 3.21. The molecule has 4 rings (SSSR count). The van der Waals surface area contributed by atoms with E-state index in [9.17, 15) is 9.18 Å². The summed E-state index contributed by atoms with van der Waals surface area (Å²) in [5.41, 5.74) is 1.74. The fraction of sp³-hybridized carbons (Fsp3) is 0.667. The standard InChI is InChI=1S/C21H28FNO3/c1-14-8-18(22)5-4-16(14)9-21(24)23-10-19-17(13-26-20(19)11-23)6-7-25-12-15-2-3-15/h4-5,8,15,17,19-20H,2-3,6-7,9-13H2,1H3/t17-,19-,20-/m1/s1. The number of fused-ring (bicyclic) bond motifs is 1. The molecule has 2 aliphatic heterocycles. The van der Waals surface area contributed by atoms with Crippen molar-refractivity contribution >= 4 is 5.91 Å². The van der Waals surface area contributed by atoms with Gasteiger partial charge in [0.1, 0.15) is 5.82 Å². The summed E-state index contributed by atoms with van der Waals surface area (Å²) < 4.78 is 25.0. The van der Waals surface area contributed by atoms with Crippen molar-refractivity contribution in [2.24, 2.45) is 17.8 Å². The van der Waals surface area contributed by atoms with Gasteiger partial charge in [0, 0.05) is 32.2 Å². The van der Waals surface area contributed by atoms with Gasteiger partial charge in [0.2, 0.25) is 5.91 Å². The molecule has 2 heterocycles. The van der Waals surface area contributed by atoms with Crippen LogP contribution in [0.2, 0.25) is 0 Å². The topological polar surface area (TPSA) is 38.8 Å². The number of likely N-dealkylation sites (tertiary alicyclic amines) is 1. The highest BCUT2D eigenvalue weighted by molar-refractivity contribution is 5.79. The predicted molar refractivity (Wildman–Crippen MR) is 96.3 cm³/mol. The van der Waals surface area contributed by atoms with Crippen LogP contribution in [0.3, 0.4) is 0 Å². The Bertz CT molecular complexity index is 661. The predicted octanol–water partition coefficient (Wildman–Crippen LogP) is 2.97. The molecular weight excluding hydrogens is 333 g/mol. The number of halogens is 1. The highest BCUT2D eigenvalue weighted by Gasteiger charge is 2.44. The van der Waals surface area contributed by atoms with Crippen LogP contribution in [0.25, 0.3) is 0 Å². The van der Waals surface area contributed by atoms with Crippen LogP contribution in [0.5, 0.6) is 0 Å². The molecule has 0 unspecified atom stereocenters. The molecule has 1 aromatic rings. The summed E-state index contributed by atoms with van der Waals surface area (Å²) in [6.07, 6.45) is 4.17. The van der Waals surface area contributed by atoms with E-state index in [2.05, 4.69) is 0 Å². The zero-order chi connectivity index (χ0) is 18.1. The maximum absolute atomic E-state index is 13.2. The van der Waals surface area contributed by atoms with Crippen LogP contribution < -0.4 is 0 Å². The minimum atomic E-state index is -0.255. The third-order valence-electron chi connectivity index (χ3n) is 6.12. The van der Waals surface area contributed by atoms with Crippen molar-refractivity contribution in [3.63, 3.8) is 0 Å². The van der Waals surface area contributed by atoms with Crippen molar-refractivity contribution in [1.29, 1.82) is 0 Å². The minimum Gasteiger partial charge on any atom is -0.381 e. The summed E-state index contributed by atoms with van der Waals surface area (Å²) in [5, 5.41) is 0. The maximum Gasteiger partial charge on any atom is 0.227 e. The Balaban J connectivity index is 1.27. The molecule has 1 saturated carbocycles. The number of nitrogens with zero attached hydrogens (tertiary/aromatic N) is 1. The van der Waals surface area contributed by atoms with Gasteiger partial charge in [0.05, 0.1) is 19.1 Å². The smallest absolute Gasteiger partial charge is 0.227 e. The molecule has 3 fully saturated rings. The van der Waals surface area contributed by atoms with Crippen molar-refractivity contribution < 1.29 is 18.7 Å². The van der Waals surface area contributed by atoms with Crippen LogP contribution in [0.4, 0.5) is 4.39 Å². The number of amides is 1. The van der Waals surface area contributed by atoms with E-state index in [1.807, 2.05) is 11.8 Å². The van der Waals surface area contributed by atoms with Gasteiger partial charge in [0.15, 0.2) is 0 Å². The second-order valence-electron chi connectivity index (χ2n) is 8.15. The van der Waals surface area contributed by atoms with Crippen LogP contribution in [0.1, 0.15) is 30.4 Å². The van der Waals surface area contributed by atoms with Gasteiger partial charge >= 0.3 is 0 Å². The number of benzene rings is 1. The van der Waals surface area contributed by atoms with Crippen LogP contribution in [0, 0.1) is 30.5 Å². The van der Waals surface area contributed by atoms with Crippen molar-refractivity contribution in [2.75, 3.05) is 32.9 Å². The molecule has 4 nitrogen and oxygen atoms in total. The summed E-state index contributed by atoms with van der Waals surface area (Å²) in [7, 11) is 0. The van der Waals surface area contributed by atoms with Gasteiger partial charge in [-0.05, 0) is 61.3 Å². The first-order chi connectivity index (χ1) is 12.6. The molecule has 0 radical (unpaired) electrons. The molecule has 3 aliphatic rings. The first-order valence-corrected chi connectivity index (χ1v) is 9.82. The number of hydrogen-bond donors (Lipinski definition) is 0.